The van der Waals surface area contributed by atoms with Gasteiger partial charge in [-0.05, 0) is 57.8 Å². The summed E-state index contributed by atoms with van der Waals surface area (Å²) in [6.07, 6.45) is 0. The van der Waals surface area contributed by atoms with Gasteiger partial charge in [-0.2, -0.15) is 0 Å². The monoisotopic (exact) mass is 456 g/mol. The van der Waals surface area contributed by atoms with Crippen LogP contribution in [0.5, 0.6) is 0 Å². The SMILES string of the molecule is CC(C)(C(=O)Nc1c(Br)cc(Br)cc1Br)C(N)=S. The Balaban J connectivity index is 3.07. The van der Waals surface area contributed by atoms with Crippen LogP contribution in [-0.4, -0.2) is 10.9 Å². The fourth-order valence-electron chi connectivity index (χ4n) is 1.04. The molecule has 0 atom stereocenters. The third kappa shape index (κ3) is 3.53. The van der Waals surface area contributed by atoms with Gasteiger partial charge >= 0.3 is 0 Å². The molecule has 0 aliphatic heterocycles. The molecule has 0 heterocycles. The number of nitrogens with one attached hydrogen (secondary N) is 1. The average molecular weight is 459 g/mol. The van der Waals surface area contributed by atoms with Crippen molar-refractivity contribution in [3.05, 3.63) is 25.6 Å². The van der Waals surface area contributed by atoms with E-state index in [0.717, 1.165) is 13.4 Å². The van der Waals surface area contributed by atoms with Crippen LogP contribution >= 0.6 is 60.0 Å². The number of benzene rings is 1. The van der Waals surface area contributed by atoms with Crippen molar-refractivity contribution in [1.29, 1.82) is 0 Å². The first-order valence-electron chi connectivity index (χ1n) is 4.92. The molecule has 0 aliphatic rings. The van der Waals surface area contributed by atoms with Gasteiger partial charge in [0, 0.05) is 13.4 Å². The Morgan fingerprint density at radius 1 is 1.28 bits per heavy atom. The predicted molar refractivity (Wildman–Crippen MR) is 88.7 cm³/mol. The van der Waals surface area contributed by atoms with Crippen molar-refractivity contribution in [2.45, 2.75) is 13.8 Å². The van der Waals surface area contributed by atoms with Crippen LogP contribution in [0, 0.1) is 5.41 Å². The number of halogens is 3. The van der Waals surface area contributed by atoms with Gasteiger partial charge in [-0.1, -0.05) is 28.1 Å². The summed E-state index contributed by atoms with van der Waals surface area (Å²) in [4.78, 5) is 12.3. The molecule has 3 nitrogen and oxygen atoms in total. The Labute approximate surface area is 136 Å². The van der Waals surface area contributed by atoms with E-state index in [4.69, 9.17) is 18.0 Å². The molecule has 0 saturated heterocycles. The van der Waals surface area contributed by atoms with E-state index in [1.165, 1.54) is 0 Å². The van der Waals surface area contributed by atoms with E-state index in [9.17, 15) is 4.79 Å². The van der Waals surface area contributed by atoms with E-state index in [1.807, 2.05) is 12.1 Å². The minimum absolute atomic E-state index is 0.157. The molecule has 0 radical (unpaired) electrons. The molecule has 0 unspecified atom stereocenters. The maximum atomic E-state index is 12.1. The molecule has 0 saturated carbocycles. The highest BCUT2D eigenvalue weighted by Crippen LogP contribution is 2.35. The third-order valence-corrected chi connectivity index (χ3v) is 4.65. The zero-order valence-corrected chi connectivity index (χ0v) is 15.3. The van der Waals surface area contributed by atoms with E-state index < -0.39 is 5.41 Å². The molecular formula is C11H11Br3N2OS. The molecule has 98 valence electrons. The third-order valence-electron chi connectivity index (χ3n) is 2.43. The molecule has 3 N–H and O–H groups in total. The molecule has 0 aliphatic carbocycles. The number of anilines is 1. The van der Waals surface area contributed by atoms with E-state index in [1.54, 1.807) is 13.8 Å². The maximum absolute atomic E-state index is 12.1. The summed E-state index contributed by atoms with van der Waals surface area (Å²) in [5.74, 6) is -0.251. The van der Waals surface area contributed by atoms with Crippen LogP contribution < -0.4 is 11.1 Å². The molecule has 1 aromatic rings. The van der Waals surface area contributed by atoms with Crippen LogP contribution in [0.3, 0.4) is 0 Å². The lowest BCUT2D eigenvalue weighted by Gasteiger charge is -2.22. The standard InChI is InChI=1S/C11H11Br3N2OS/c1-11(2,9(15)18)10(17)16-8-6(13)3-5(12)4-7(8)14/h3-4H,1-2H3,(H2,15,18)(H,16,17). The van der Waals surface area contributed by atoms with Gasteiger partial charge in [0.05, 0.1) is 16.1 Å². The minimum Gasteiger partial charge on any atom is -0.392 e. The highest BCUT2D eigenvalue weighted by molar-refractivity contribution is 9.11. The van der Waals surface area contributed by atoms with Crippen LogP contribution in [0.4, 0.5) is 5.69 Å². The second kappa shape index (κ2) is 5.98. The van der Waals surface area contributed by atoms with Gasteiger partial charge in [-0.15, -0.1) is 0 Å². The first kappa shape index (κ1) is 16.1. The minimum atomic E-state index is -0.902. The summed E-state index contributed by atoms with van der Waals surface area (Å²) in [6.45, 7) is 3.37. The quantitative estimate of drug-likeness (QED) is 0.666. The summed E-state index contributed by atoms with van der Waals surface area (Å²) in [7, 11) is 0. The van der Waals surface area contributed by atoms with Crippen LogP contribution in [0.2, 0.25) is 0 Å². The summed E-state index contributed by atoms with van der Waals surface area (Å²) in [5.41, 5.74) is 5.31. The van der Waals surface area contributed by atoms with Gasteiger partial charge in [-0.25, -0.2) is 0 Å². The van der Waals surface area contributed by atoms with Gasteiger partial charge in [-0.3, -0.25) is 4.79 Å². The smallest absolute Gasteiger partial charge is 0.236 e. The number of hydrogen-bond acceptors (Lipinski definition) is 2. The second-order valence-corrected chi connectivity index (χ2v) is 7.25. The molecule has 0 fully saturated rings. The molecule has 7 heteroatoms. The maximum Gasteiger partial charge on any atom is 0.236 e. The van der Waals surface area contributed by atoms with Crippen molar-refractivity contribution < 1.29 is 4.79 Å². The zero-order valence-electron chi connectivity index (χ0n) is 9.68. The fourth-order valence-corrected chi connectivity index (χ4v) is 3.59. The molecule has 1 rings (SSSR count). The number of nitrogens with two attached hydrogens (primary N) is 1. The number of thiocarbonyl (C=S) groups is 1. The Hall–Kier alpha value is 0.0200. The van der Waals surface area contributed by atoms with Crippen molar-refractivity contribution in [2.75, 3.05) is 5.32 Å². The van der Waals surface area contributed by atoms with Crippen molar-refractivity contribution in [2.24, 2.45) is 11.1 Å². The summed E-state index contributed by atoms with van der Waals surface area (Å²) in [6, 6.07) is 3.68. The van der Waals surface area contributed by atoms with Gasteiger partial charge in [0.15, 0.2) is 0 Å². The first-order valence-corrected chi connectivity index (χ1v) is 7.71. The summed E-state index contributed by atoms with van der Waals surface area (Å²) >= 11 is 15.0. The molecular weight excluding hydrogens is 448 g/mol. The first-order chi connectivity index (χ1) is 8.16. The van der Waals surface area contributed by atoms with Gasteiger partial charge in [0.2, 0.25) is 5.91 Å². The van der Waals surface area contributed by atoms with Crippen molar-refractivity contribution in [3.8, 4) is 0 Å². The summed E-state index contributed by atoms with van der Waals surface area (Å²) in [5, 5.41) is 2.81. The van der Waals surface area contributed by atoms with E-state index in [0.29, 0.717) is 5.69 Å². The van der Waals surface area contributed by atoms with Crippen LogP contribution in [0.1, 0.15) is 13.8 Å². The normalized spacial score (nSPS) is 11.2. The highest BCUT2D eigenvalue weighted by atomic mass is 79.9. The zero-order chi connectivity index (χ0) is 14.1. The lowest BCUT2D eigenvalue weighted by molar-refractivity contribution is -0.121. The van der Waals surface area contributed by atoms with Crippen molar-refractivity contribution in [3.63, 3.8) is 0 Å². The van der Waals surface area contributed by atoms with Crippen molar-refractivity contribution >= 4 is 76.6 Å². The van der Waals surface area contributed by atoms with Gasteiger partial charge < -0.3 is 11.1 Å². The van der Waals surface area contributed by atoms with Crippen LogP contribution in [0.15, 0.2) is 25.6 Å². The number of rotatable bonds is 3. The topological polar surface area (TPSA) is 55.1 Å². The largest absolute Gasteiger partial charge is 0.392 e. The molecule has 18 heavy (non-hydrogen) atoms. The predicted octanol–water partition coefficient (Wildman–Crippen LogP) is 4.22. The van der Waals surface area contributed by atoms with Crippen LogP contribution in [-0.2, 0) is 4.79 Å². The fraction of sp³-hybridized carbons (Fsp3) is 0.273. The molecule has 1 aromatic carbocycles. The van der Waals surface area contributed by atoms with E-state index in [2.05, 4.69) is 53.1 Å². The Bertz CT molecular complexity index is 494. The summed E-state index contributed by atoms with van der Waals surface area (Å²) < 4.78 is 2.42. The number of carbonyl (C=O) groups is 1. The van der Waals surface area contributed by atoms with Crippen molar-refractivity contribution in [1.82, 2.24) is 0 Å². The molecule has 0 bridgehead atoms. The van der Waals surface area contributed by atoms with E-state index in [-0.39, 0.29) is 10.9 Å². The Morgan fingerprint density at radius 2 is 1.72 bits per heavy atom. The molecule has 0 aromatic heterocycles. The molecule has 1 amide bonds. The molecule has 0 spiro atoms. The van der Waals surface area contributed by atoms with E-state index >= 15 is 0 Å². The number of hydrogen-bond donors (Lipinski definition) is 2. The van der Waals surface area contributed by atoms with Crippen LogP contribution in [0.25, 0.3) is 0 Å². The van der Waals surface area contributed by atoms with Gasteiger partial charge in [0.25, 0.3) is 0 Å². The lowest BCUT2D eigenvalue weighted by Crippen LogP contribution is -2.41. The Kier molecular flexibility index (Phi) is 5.34. The number of carbonyl (C=O) groups excluding carboxylic acids is 1. The highest BCUT2D eigenvalue weighted by Gasteiger charge is 2.31. The lowest BCUT2D eigenvalue weighted by atomic mass is 9.92. The second-order valence-electron chi connectivity index (χ2n) is 4.19. The Morgan fingerprint density at radius 3 is 2.11 bits per heavy atom. The number of amides is 1. The average Bonchev–Trinajstić information content (AvgIpc) is 2.22. The van der Waals surface area contributed by atoms with Gasteiger partial charge in [0.1, 0.15) is 0 Å².